The SMILES string of the molecule is COC(=O)c1ccoc1CSc1nc2cc(C)c(C)cc2[nH]1. The Hall–Kier alpha value is -2.21. The van der Waals surface area contributed by atoms with E-state index in [1.165, 1.54) is 36.3 Å². The summed E-state index contributed by atoms with van der Waals surface area (Å²) in [4.78, 5) is 19.4. The fraction of sp³-hybridized carbons (Fsp3) is 0.250. The molecular formula is C16H16N2O3S. The van der Waals surface area contributed by atoms with Gasteiger partial charge in [-0.05, 0) is 43.2 Å². The van der Waals surface area contributed by atoms with E-state index in [1.54, 1.807) is 6.07 Å². The van der Waals surface area contributed by atoms with E-state index in [2.05, 4.69) is 35.9 Å². The van der Waals surface area contributed by atoms with Crippen molar-refractivity contribution in [1.29, 1.82) is 0 Å². The minimum absolute atomic E-state index is 0.389. The summed E-state index contributed by atoms with van der Waals surface area (Å²) in [6, 6.07) is 5.78. The molecule has 0 unspecified atom stereocenters. The van der Waals surface area contributed by atoms with Crippen LogP contribution < -0.4 is 0 Å². The van der Waals surface area contributed by atoms with Gasteiger partial charge in [0, 0.05) is 0 Å². The van der Waals surface area contributed by atoms with Gasteiger partial charge in [-0.15, -0.1) is 0 Å². The van der Waals surface area contributed by atoms with Crippen molar-refractivity contribution >= 4 is 28.8 Å². The van der Waals surface area contributed by atoms with Crippen LogP contribution in [0.15, 0.2) is 34.0 Å². The highest BCUT2D eigenvalue weighted by molar-refractivity contribution is 7.98. The van der Waals surface area contributed by atoms with Crippen molar-refractivity contribution in [2.75, 3.05) is 7.11 Å². The molecule has 2 aromatic heterocycles. The largest absolute Gasteiger partial charge is 0.468 e. The number of nitrogens with one attached hydrogen (secondary N) is 1. The molecule has 0 radical (unpaired) electrons. The van der Waals surface area contributed by atoms with E-state index >= 15 is 0 Å². The van der Waals surface area contributed by atoms with E-state index in [0.29, 0.717) is 17.1 Å². The predicted molar refractivity (Wildman–Crippen MR) is 85.2 cm³/mol. The first-order valence-corrected chi connectivity index (χ1v) is 7.81. The molecule has 3 aromatic rings. The van der Waals surface area contributed by atoms with Crippen molar-refractivity contribution in [2.24, 2.45) is 0 Å². The third-order valence-corrected chi connectivity index (χ3v) is 4.44. The van der Waals surface area contributed by atoms with E-state index in [9.17, 15) is 4.79 Å². The number of methoxy groups -OCH3 is 1. The second-order valence-corrected chi connectivity index (χ2v) is 6.00. The predicted octanol–water partition coefficient (Wildman–Crippen LogP) is 3.85. The second kappa shape index (κ2) is 5.88. The quantitative estimate of drug-likeness (QED) is 0.585. The topological polar surface area (TPSA) is 68.1 Å². The number of nitrogens with zero attached hydrogens (tertiary/aromatic N) is 1. The number of ether oxygens (including phenoxy) is 1. The van der Waals surface area contributed by atoms with Crippen LogP contribution in [0.5, 0.6) is 0 Å². The lowest BCUT2D eigenvalue weighted by atomic mass is 10.1. The monoisotopic (exact) mass is 316 g/mol. The summed E-state index contributed by atoms with van der Waals surface area (Å²) < 4.78 is 10.1. The molecule has 1 N–H and O–H groups in total. The molecular weight excluding hydrogens is 300 g/mol. The minimum atomic E-state index is -0.389. The molecule has 0 aliphatic heterocycles. The van der Waals surface area contributed by atoms with Gasteiger partial charge in [-0.1, -0.05) is 11.8 Å². The zero-order chi connectivity index (χ0) is 15.7. The third kappa shape index (κ3) is 2.74. The number of rotatable bonds is 4. The van der Waals surface area contributed by atoms with Crippen LogP contribution in [0, 0.1) is 13.8 Å². The van der Waals surface area contributed by atoms with Crippen molar-refractivity contribution < 1.29 is 13.9 Å². The molecule has 0 amide bonds. The number of carbonyl (C=O) groups is 1. The number of furan rings is 1. The van der Waals surface area contributed by atoms with Crippen LogP contribution in [-0.4, -0.2) is 23.0 Å². The molecule has 114 valence electrons. The highest BCUT2D eigenvalue weighted by Gasteiger charge is 2.16. The Kier molecular flexibility index (Phi) is 3.94. The van der Waals surface area contributed by atoms with Gasteiger partial charge >= 0.3 is 5.97 Å². The highest BCUT2D eigenvalue weighted by atomic mass is 32.2. The van der Waals surface area contributed by atoms with Crippen molar-refractivity contribution in [3.63, 3.8) is 0 Å². The lowest BCUT2D eigenvalue weighted by molar-refractivity contribution is 0.0598. The fourth-order valence-corrected chi connectivity index (χ4v) is 3.03. The number of hydrogen-bond acceptors (Lipinski definition) is 5. The summed E-state index contributed by atoms with van der Waals surface area (Å²) in [6.45, 7) is 4.15. The van der Waals surface area contributed by atoms with E-state index < -0.39 is 0 Å². The standard InChI is InChI=1S/C16H16N2O3S/c1-9-6-12-13(7-10(9)2)18-16(17-12)22-8-14-11(4-5-21-14)15(19)20-3/h4-7H,8H2,1-3H3,(H,17,18). The fourth-order valence-electron chi connectivity index (χ4n) is 2.19. The first-order chi connectivity index (χ1) is 10.6. The molecule has 6 heteroatoms. The number of thioether (sulfide) groups is 1. The molecule has 5 nitrogen and oxygen atoms in total. The summed E-state index contributed by atoms with van der Waals surface area (Å²) in [7, 11) is 1.36. The molecule has 0 spiro atoms. The van der Waals surface area contributed by atoms with Crippen molar-refractivity contribution in [3.05, 3.63) is 46.9 Å². The number of aromatic amines is 1. The first kappa shape index (κ1) is 14.7. The summed E-state index contributed by atoms with van der Waals surface area (Å²) >= 11 is 1.49. The third-order valence-electron chi connectivity index (χ3n) is 3.57. The summed E-state index contributed by atoms with van der Waals surface area (Å²) in [5, 5.41) is 0.798. The van der Waals surface area contributed by atoms with E-state index in [1.807, 2.05) is 0 Å². The second-order valence-electron chi connectivity index (χ2n) is 5.03. The van der Waals surface area contributed by atoms with Gasteiger partial charge in [0.2, 0.25) is 0 Å². The molecule has 0 saturated heterocycles. The molecule has 3 rings (SSSR count). The average Bonchev–Trinajstić information content (AvgIpc) is 3.11. The van der Waals surface area contributed by atoms with Crippen molar-refractivity contribution in [2.45, 2.75) is 24.8 Å². The van der Waals surface area contributed by atoms with Crippen LogP contribution in [0.25, 0.3) is 11.0 Å². The number of hydrogen-bond donors (Lipinski definition) is 1. The van der Waals surface area contributed by atoms with Crippen LogP contribution in [0.1, 0.15) is 27.2 Å². The first-order valence-electron chi connectivity index (χ1n) is 6.83. The molecule has 0 fully saturated rings. The Bertz CT molecular complexity index is 796. The number of carbonyl (C=O) groups excluding carboxylic acids is 1. The smallest absolute Gasteiger partial charge is 0.341 e. The maximum atomic E-state index is 11.6. The van der Waals surface area contributed by atoms with Gasteiger partial charge < -0.3 is 14.1 Å². The molecule has 0 bridgehead atoms. The Morgan fingerprint density at radius 2 is 2.14 bits per heavy atom. The van der Waals surface area contributed by atoms with Gasteiger partial charge in [-0.3, -0.25) is 0 Å². The Morgan fingerprint density at radius 1 is 1.36 bits per heavy atom. The number of fused-ring (bicyclic) bond motifs is 1. The number of benzene rings is 1. The molecule has 1 aromatic carbocycles. The van der Waals surface area contributed by atoms with Gasteiger partial charge in [0.25, 0.3) is 0 Å². The summed E-state index contributed by atoms with van der Waals surface area (Å²) in [5.74, 6) is 0.708. The maximum Gasteiger partial charge on any atom is 0.341 e. The molecule has 0 aliphatic rings. The van der Waals surface area contributed by atoms with E-state index in [4.69, 9.17) is 9.15 Å². The van der Waals surface area contributed by atoms with Crippen LogP contribution in [0.4, 0.5) is 0 Å². The van der Waals surface area contributed by atoms with Crippen LogP contribution >= 0.6 is 11.8 Å². The number of aryl methyl sites for hydroxylation is 2. The molecule has 0 atom stereocenters. The Morgan fingerprint density at radius 3 is 2.91 bits per heavy atom. The van der Waals surface area contributed by atoms with Gasteiger partial charge in [0.05, 0.1) is 30.2 Å². The van der Waals surface area contributed by atoms with Crippen LogP contribution in [0.2, 0.25) is 0 Å². The highest BCUT2D eigenvalue weighted by Crippen LogP contribution is 2.26. The number of imidazole rings is 1. The summed E-state index contributed by atoms with van der Waals surface area (Å²) in [5.41, 5.74) is 4.86. The van der Waals surface area contributed by atoms with Gasteiger partial charge in [-0.2, -0.15) is 0 Å². The Balaban J connectivity index is 1.80. The molecule has 0 aliphatic carbocycles. The van der Waals surface area contributed by atoms with Gasteiger partial charge in [-0.25, -0.2) is 9.78 Å². The lowest BCUT2D eigenvalue weighted by Gasteiger charge is -1.99. The normalized spacial score (nSPS) is 11.0. The Labute approximate surface area is 132 Å². The zero-order valence-corrected chi connectivity index (χ0v) is 13.4. The molecule has 0 saturated carbocycles. The summed E-state index contributed by atoms with van der Waals surface area (Å²) in [6.07, 6.45) is 1.49. The maximum absolute atomic E-state index is 11.6. The lowest BCUT2D eigenvalue weighted by Crippen LogP contribution is -2.02. The van der Waals surface area contributed by atoms with Crippen LogP contribution in [0.3, 0.4) is 0 Å². The van der Waals surface area contributed by atoms with Crippen molar-refractivity contribution in [3.8, 4) is 0 Å². The molecule has 22 heavy (non-hydrogen) atoms. The van der Waals surface area contributed by atoms with Crippen LogP contribution in [-0.2, 0) is 10.5 Å². The minimum Gasteiger partial charge on any atom is -0.468 e. The van der Waals surface area contributed by atoms with E-state index in [-0.39, 0.29) is 5.97 Å². The number of aromatic nitrogens is 2. The average molecular weight is 316 g/mol. The van der Waals surface area contributed by atoms with Gasteiger partial charge in [0.15, 0.2) is 5.16 Å². The van der Waals surface area contributed by atoms with Crippen molar-refractivity contribution in [1.82, 2.24) is 9.97 Å². The zero-order valence-electron chi connectivity index (χ0n) is 12.6. The molecule has 2 heterocycles. The van der Waals surface area contributed by atoms with Gasteiger partial charge in [0.1, 0.15) is 11.3 Å². The number of H-pyrrole nitrogens is 1. The number of esters is 1. The van der Waals surface area contributed by atoms with E-state index in [0.717, 1.165) is 16.2 Å².